The summed E-state index contributed by atoms with van der Waals surface area (Å²) in [5, 5.41) is 27.5. The third kappa shape index (κ3) is 4.65. The van der Waals surface area contributed by atoms with Gasteiger partial charge in [-0.05, 0) is 20.8 Å². The standard InChI is InChI=1S/C21H22N8O5/c1-10-13(7-24-16(10)19(30)23-6-4-5-22)27-20(31)17-11(2)14(8-25-17)28-21(32)18-12(3)15(9-26-18)29(33)34/h7-9,24-26H,4,6H2,1-3H3,(H,23,30)(H,27,31)(H,28,32). The molecule has 0 aliphatic rings. The number of aromatic nitrogens is 3. The minimum Gasteiger partial charge on any atom is -0.355 e. The van der Waals surface area contributed by atoms with Gasteiger partial charge >= 0.3 is 0 Å². The fraction of sp³-hybridized carbons (Fsp3) is 0.238. The van der Waals surface area contributed by atoms with E-state index < -0.39 is 22.6 Å². The molecule has 0 bridgehead atoms. The van der Waals surface area contributed by atoms with Crippen LogP contribution in [0.3, 0.4) is 0 Å². The second-order valence-corrected chi connectivity index (χ2v) is 7.41. The fourth-order valence-electron chi connectivity index (χ4n) is 3.32. The van der Waals surface area contributed by atoms with Gasteiger partial charge in [-0.2, -0.15) is 5.26 Å². The van der Waals surface area contributed by atoms with E-state index in [1.54, 1.807) is 13.8 Å². The third-order valence-corrected chi connectivity index (χ3v) is 5.29. The van der Waals surface area contributed by atoms with Gasteiger partial charge in [0.2, 0.25) is 0 Å². The molecule has 0 unspecified atom stereocenters. The number of nitrogens with one attached hydrogen (secondary N) is 6. The van der Waals surface area contributed by atoms with Crippen molar-refractivity contribution in [2.45, 2.75) is 27.2 Å². The zero-order valence-electron chi connectivity index (χ0n) is 18.6. The molecule has 0 aliphatic carbocycles. The molecular formula is C21H22N8O5. The second kappa shape index (κ2) is 9.74. The smallest absolute Gasteiger partial charge is 0.290 e. The Kier molecular flexibility index (Phi) is 6.81. The van der Waals surface area contributed by atoms with Gasteiger partial charge in [0.05, 0.1) is 40.5 Å². The Morgan fingerprint density at radius 3 is 1.82 bits per heavy atom. The maximum Gasteiger partial charge on any atom is 0.290 e. The molecule has 0 saturated heterocycles. The number of nitrogens with zero attached hydrogens (tertiary/aromatic N) is 2. The van der Waals surface area contributed by atoms with E-state index >= 15 is 0 Å². The number of nitro groups is 1. The van der Waals surface area contributed by atoms with E-state index in [4.69, 9.17) is 5.26 Å². The van der Waals surface area contributed by atoms with Crippen molar-refractivity contribution >= 4 is 34.8 Å². The van der Waals surface area contributed by atoms with Crippen LogP contribution in [0.5, 0.6) is 0 Å². The minimum absolute atomic E-state index is 0.0434. The van der Waals surface area contributed by atoms with Crippen molar-refractivity contribution in [1.29, 1.82) is 5.26 Å². The van der Waals surface area contributed by atoms with Crippen LogP contribution in [0.25, 0.3) is 0 Å². The van der Waals surface area contributed by atoms with Crippen LogP contribution >= 0.6 is 0 Å². The van der Waals surface area contributed by atoms with Crippen LogP contribution in [0, 0.1) is 42.2 Å². The minimum atomic E-state index is -0.590. The molecule has 0 atom stereocenters. The lowest BCUT2D eigenvalue weighted by Gasteiger charge is -2.07. The Balaban J connectivity index is 1.71. The van der Waals surface area contributed by atoms with Crippen LogP contribution in [0.2, 0.25) is 0 Å². The van der Waals surface area contributed by atoms with Crippen molar-refractivity contribution in [2.24, 2.45) is 0 Å². The number of hydrogen-bond donors (Lipinski definition) is 6. The van der Waals surface area contributed by atoms with E-state index in [9.17, 15) is 24.5 Å². The Labute approximate surface area is 193 Å². The lowest BCUT2D eigenvalue weighted by molar-refractivity contribution is -0.385. The van der Waals surface area contributed by atoms with Gasteiger partial charge in [0.1, 0.15) is 17.1 Å². The highest BCUT2D eigenvalue weighted by Gasteiger charge is 2.23. The summed E-state index contributed by atoms with van der Waals surface area (Å²) in [7, 11) is 0. The van der Waals surface area contributed by atoms with Gasteiger partial charge in [-0.15, -0.1) is 0 Å². The monoisotopic (exact) mass is 466 g/mol. The first-order valence-corrected chi connectivity index (χ1v) is 10.1. The van der Waals surface area contributed by atoms with Crippen LogP contribution in [0.15, 0.2) is 18.6 Å². The lowest BCUT2D eigenvalue weighted by atomic mass is 10.2. The first-order chi connectivity index (χ1) is 16.1. The van der Waals surface area contributed by atoms with Crippen molar-refractivity contribution in [3.05, 3.63) is 62.5 Å². The summed E-state index contributed by atoms with van der Waals surface area (Å²) in [6.45, 7) is 4.96. The molecule has 0 spiro atoms. The SMILES string of the molecule is Cc1c(NC(=O)c2[nH]cc(NC(=O)c3[nH]cc([N+](=O)[O-])c3C)c2C)c[nH]c1C(=O)NCCC#N. The van der Waals surface area contributed by atoms with Crippen LogP contribution in [-0.4, -0.2) is 44.1 Å². The molecule has 0 aromatic carbocycles. The molecule has 3 heterocycles. The second-order valence-electron chi connectivity index (χ2n) is 7.41. The molecule has 3 rings (SSSR count). The van der Waals surface area contributed by atoms with Gasteiger partial charge in [0.25, 0.3) is 23.4 Å². The predicted octanol–water partition coefficient (Wildman–Crippen LogP) is 2.65. The highest BCUT2D eigenvalue weighted by atomic mass is 16.6. The van der Waals surface area contributed by atoms with Crippen molar-refractivity contribution < 1.29 is 19.3 Å². The van der Waals surface area contributed by atoms with E-state index in [-0.39, 0.29) is 41.3 Å². The van der Waals surface area contributed by atoms with Crippen LogP contribution in [0.4, 0.5) is 17.1 Å². The molecule has 3 aromatic rings. The molecule has 0 saturated carbocycles. The summed E-state index contributed by atoms with van der Waals surface area (Å²) in [4.78, 5) is 56.2. The molecule has 0 fully saturated rings. The van der Waals surface area contributed by atoms with Gasteiger partial charge in [-0.25, -0.2) is 0 Å². The van der Waals surface area contributed by atoms with Crippen LogP contribution < -0.4 is 16.0 Å². The number of carbonyl (C=O) groups excluding carboxylic acids is 3. The average Bonchev–Trinajstić information content (AvgIpc) is 3.46. The summed E-state index contributed by atoms with van der Waals surface area (Å²) < 4.78 is 0. The fourth-order valence-corrected chi connectivity index (χ4v) is 3.32. The summed E-state index contributed by atoms with van der Waals surface area (Å²) in [5.41, 5.74) is 2.18. The number of rotatable bonds is 8. The van der Waals surface area contributed by atoms with Gasteiger partial charge in [0.15, 0.2) is 0 Å². The van der Waals surface area contributed by atoms with Crippen molar-refractivity contribution in [3.63, 3.8) is 0 Å². The molecule has 6 N–H and O–H groups in total. The average molecular weight is 466 g/mol. The topological polar surface area (TPSA) is 202 Å². The Morgan fingerprint density at radius 2 is 1.35 bits per heavy atom. The molecule has 3 aromatic heterocycles. The molecule has 0 aliphatic heterocycles. The zero-order valence-corrected chi connectivity index (χ0v) is 18.6. The highest BCUT2D eigenvalue weighted by molar-refractivity contribution is 6.09. The maximum absolute atomic E-state index is 12.8. The van der Waals surface area contributed by atoms with Crippen LogP contribution in [0.1, 0.15) is 54.6 Å². The zero-order chi connectivity index (χ0) is 25.0. The summed E-state index contributed by atoms with van der Waals surface area (Å²) in [5.74, 6) is -1.48. The van der Waals surface area contributed by atoms with Crippen LogP contribution in [-0.2, 0) is 0 Å². The van der Waals surface area contributed by atoms with E-state index in [0.717, 1.165) is 6.20 Å². The van der Waals surface area contributed by atoms with Gasteiger partial charge in [-0.1, -0.05) is 0 Å². The summed E-state index contributed by atoms with van der Waals surface area (Å²) in [6, 6.07) is 1.93. The van der Waals surface area contributed by atoms with Crippen molar-refractivity contribution in [1.82, 2.24) is 20.3 Å². The molecule has 13 nitrogen and oxygen atoms in total. The predicted molar refractivity (Wildman–Crippen MR) is 122 cm³/mol. The molecule has 34 heavy (non-hydrogen) atoms. The number of nitriles is 1. The van der Waals surface area contributed by atoms with Gasteiger partial charge in [0, 0.05) is 30.1 Å². The molecule has 176 valence electrons. The number of H-pyrrole nitrogens is 3. The van der Waals surface area contributed by atoms with E-state index in [0.29, 0.717) is 22.5 Å². The number of anilines is 2. The molecule has 3 amide bonds. The Morgan fingerprint density at radius 1 is 0.882 bits per heavy atom. The lowest BCUT2D eigenvalue weighted by Crippen LogP contribution is -2.25. The highest BCUT2D eigenvalue weighted by Crippen LogP contribution is 2.25. The van der Waals surface area contributed by atoms with Gasteiger partial charge < -0.3 is 30.9 Å². The number of aromatic amines is 3. The number of hydrogen-bond acceptors (Lipinski definition) is 6. The Hall–Kier alpha value is -4.86. The quantitative estimate of drug-likeness (QED) is 0.167. The first kappa shape index (κ1) is 23.8. The van der Waals surface area contributed by atoms with Crippen molar-refractivity contribution in [2.75, 3.05) is 17.2 Å². The summed E-state index contributed by atoms with van der Waals surface area (Å²) >= 11 is 0. The maximum atomic E-state index is 12.8. The summed E-state index contributed by atoms with van der Waals surface area (Å²) in [6.07, 6.45) is 4.24. The normalized spacial score (nSPS) is 10.4. The molecule has 0 radical (unpaired) electrons. The van der Waals surface area contributed by atoms with Crippen molar-refractivity contribution in [3.8, 4) is 6.07 Å². The van der Waals surface area contributed by atoms with E-state index in [1.165, 1.54) is 19.3 Å². The number of carbonyl (C=O) groups is 3. The Bertz CT molecular complexity index is 1320. The largest absolute Gasteiger partial charge is 0.355 e. The molecule has 13 heteroatoms. The molecular weight excluding hydrogens is 444 g/mol. The van der Waals surface area contributed by atoms with E-state index in [1.807, 2.05) is 6.07 Å². The van der Waals surface area contributed by atoms with Gasteiger partial charge in [-0.3, -0.25) is 24.5 Å². The third-order valence-electron chi connectivity index (χ3n) is 5.29. The van der Waals surface area contributed by atoms with E-state index in [2.05, 4.69) is 30.9 Å². The first-order valence-electron chi connectivity index (χ1n) is 10.1. The number of amides is 3.